The van der Waals surface area contributed by atoms with Crippen molar-refractivity contribution in [3.8, 4) is 5.75 Å². The molecule has 1 fully saturated rings. The van der Waals surface area contributed by atoms with Crippen molar-refractivity contribution in [1.82, 2.24) is 10.2 Å². The van der Waals surface area contributed by atoms with Gasteiger partial charge >= 0.3 is 0 Å². The second-order valence-corrected chi connectivity index (χ2v) is 8.58. The Bertz CT molecular complexity index is 1030. The first-order chi connectivity index (χ1) is 15.4. The lowest BCUT2D eigenvalue weighted by molar-refractivity contribution is -0.121. The fraction of sp³-hybridized carbons (Fsp3) is 0.400. The van der Waals surface area contributed by atoms with Crippen LogP contribution in [0.1, 0.15) is 46.8 Å². The van der Waals surface area contributed by atoms with Gasteiger partial charge in [-0.05, 0) is 81.1 Å². The summed E-state index contributed by atoms with van der Waals surface area (Å²) < 4.78 is 6.13. The third-order valence-electron chi connectivity index (χ3n) is 6.29. The number of hydrogen-bond donors (Lipinski definition) is 3. The standard InChI is InChI=1S/C25H30N4O3/c1-16(30)23(14-17-3-2-4-19(13-17)24(26)27)29-12-9-18-15-21(5-6-22(18)25(29)31)32-20-7-10-28-11-8-20/h2-6,13,15,20,23,28H,7-12,14H2,1H3,(H3,26,27). The topological polar surface area (TPSA) is 109 Å². The number of amidine groups is 1. The Balaban J connectivity index is 1.51. The molecule has 0 saturated carbocycles. The fourth-order valence-corrected chi connectivity index (χ4v) is 4.52. The van der Waals surface area contributed by atoms with Gasteiger partial charge < -0.3 is 20.7 Å². The normalized spacial score (nSPS) is 17.5. The number of hydrogen-bond acceptors (Lipinski definition) is 5. The summed E-state index contributed by atoms with van der Waals surface area (Å²) in [6.07, 6.45) is 3.25. The van der Waals surface area contributed by atoms with Gasteiger partial charge in [-0.25, -0.2) is 0 Å². The van der Waals surface area contributed by atoms with Crippen LogP contribution >= 0.6 is 0 Å². The van der Waals surface area contributed by atoms with Crippen LogP contribution in [0.25, 0.3) is 0 Å². The smallest absolute Gasteiger partial charge is 0.254 e. The van der Waals surface area contributed by atoms with Gasteiger partial charge in [0.1, 0.15) is 17.7 Å². The van der Waals surface area contributed by atoms with Crippen molar-refractivity contribution in [3.63, 3.8) is 0 Å². The molecule has 4 rings (SSSR count). The summed E-state index contributed by atoms with van der Waals surface area (Å²) in [5.74, 6) is 0.612. The summed E-state index contributed by atoms with van der Waals surface area (Å²) >= 11 is 0. The highest BCUT2D eigenvalue weighted by Gasteiger charge is 2.33. The number of ether oxygens (including phenoxy) is 1. The maximum absolute atomic E-state index is 13.3. The molecule has 2 aliphatic rings. The van der Waals surface area contributed by atoms with Gasteiger partial charge in [-0.2, -0.15) is 0 Å². The van der Waals surface area contributed by atoms with Crippen molar-refractivity contribution < 1.29 is 14.3 Å². The number of piperidine rings is 1. The third kappa shape index (κ3) is 4.83. The van der Waals surface area contributed by atoms with E-state index in [1.54, 1.807) is 11.0 Å². The number of nitrogens with zero attached hydrogens (tertiary/aromatic N) is 1. The molecule has 1 unspecified atom stereocenters. The zero-order valence-electron chi connectivity index (χ0n) is 18.4. The Morgan fingerprint density at radius 2 is 2.03 bits per heavy atom. The van der Waals surface area contributed by atoms with E-state index in [4.69, 9.17) is 15.9 Å². The van der Waals surface area contributed by atoms with E-state index < -0.39 is 6.04 Å². The molecule has 2 aromatic carbocycles. The van der Waals surface area contributed by atoms with Gasteiger partial charge in [0.05, 0.1) is 6.04 Å². The predicted molar refractivity (Wildman–Crippen MR) is 123 cm³/mol. The maximum atomic E-state index is 13.3. The van der Waals surface area contributed by atoms with E-state index in [0.717, 1.165) is 42.8 Å². The highest BCUT2D eigenvalue weighted by atomic mass is 16.5. The largest absolute Gasteiger partial charge is 0.490 e. The number of nitrogens with one attached hydrogen (secondary N) is 2. The Hall–Kier alpha value is -3.19. The summed E-state index contributed by atoms with van der Waals surface area (Å²) in [7, 11) is 0. The first kappa shape index (κ1) is 22.0. The van der Waals surface area contributed by atoms with E-state index >= 15 is 0 Å². The molecule has 0 aliphatic carbocycles. The molecule has 2 aromatic rings. The van der Waals surface area contributed by atoms with Gasteiger partial charge in [0.15, 0.2) is 5.78 Å². The second-order valence-electron chi connectivity index (χ2n) is 8.58. The molecule has 4 N–H and O–H groups in total. The van der Waals surface area contributed by atoms with E-state index in [1.807, 2.05) is 36.4 Å². The molecule has 2 heterocycles. The molecule has 0 radical (unpaired) electrons. The zero-order chi connectivity index (χ0) is 22.7. The van der Waals surface area contributed by atoms with Crippen molar-refractivity contribution in [3.05, 3.63) is 64.7 Å². The number of fused-ring (bicyclic) bond motifs is 1. The highest BCUT2D eigenvalue weighted by Crippen LogP contribution is 2.27. The van der Waals surface area contributed by atoms with E-state index in [2.05, 4.69) is 5.32 Å². The Morgan fingerprint density at radius 1 is 1.25 bits per heavy atom. The van der Waals surface area contributed by atoms with Crippen LogP contribution in [-0.2, 0) is 17.6 Å². The predicted octanol–water partition coefficient (Wildman–Crippen LogP) is 2.30. The Morgan fingerprint density at radius 3 is 2.75 bits per heavy atom. The van der Waals surface area contributed by atoms with Gasteiger partial charge in [-0.15, -0.1) is 0 Å². The minimum Gasteiger partial charge on any atom is -0.490 e. The van der Waals surface area contributed by atoms with Crippen LogP contribution in [0.4, 0.5) is 0 Å². The molecule has 0 spiro atoms. The molecule has 1 saturated heterocycles. The van der Waals surface area contributed by atoms with Gasteiger partial charge in [0.25, 0.3) is 5.91 Å². The molecule has 7 heteroatoms. The lowest BCUT2D eigenvalue weighted by atomic mass is 9.93. The van der Waals surface area contributed by atoms with Gasteiger partial charge in [-0.3, -0.25) is 15.0 Å². The van der Waals surface area contributed by atoms with Crippen LogP contribution in [0.15, 0.2) is 42.5 Å². The van der Waals surface area contributed by atoms with Gasteiger partial charge in [0, 0.05) is 17.7 Å². The third-order valence-corrected chi connectivity index (χ3v) is 6.29. The van der Waals surface area contributed by atoms with Crippen LogP contribution in [0, 0.1) is 5.41 Å². The average Bonchev–Trinajstić information content (AvgIpc) is 2.79. The SMILES string of the molecule is CC(=O)C(Cc1cccc(C(=N)N)c1)N1CCc2cc(OC3CCNCC3)ccc2C1=O. The van der Waals surface area contributed by atoms with E-state index in [-0.39, 0.29) is 23.6 Å². The zero-order valence-corrected chi connectivity index (χ0v) is 18.4. The summed E-state index contributed by atoms with van der Waals surface area (Å²) in [5.41, 5.74) is 8.70. The lowest BCUT2D eigenvalue weighted by Gasteiger charge is -2.34. The number of carbonyl (C=O) groups is 2. The number of Topliss-reactive ketones (excluding diaryl/α,β-unsaturated/α-hetero) is 1. The quantitative estimate of drug-likeness (QED) is 0.458. The molecule has 168 valence electrons. The molecular formula is C25H30N4O3. The first-order valence-electron chi connectivity index (χ1n) is 11.2. The number of rotatable bonds is 7. The first-order valence-corrected chi connectivity index (χ1v) is 11.2. The minimum absolute atomic E-state index is 0.0169. The summed E-state index contributed by atoms with van der Waals surface area (Å²) in [4.78, 5) is 27.5. The number of carbonyl (C=O) groups excluding carboxylic acids is 2. The number of benzene rings is 2. The maximum Gasteiger partial charge on any atom is 0.254 e. The summed E-state index contributed by atoms with van der Waals surface area (Å²) in [6, 6.07) is 12.4. The number of nitrogen functional groups attached to an aromatic ring is 1. The molecule has 1 amide bonds. The highest BCUT2D eigenvalue weighted by molar-refractivity contribution is 6.00. The van der Waals surface area contributed by atoms with Crippen molar-refractivity contribution in [2.24, 2.45) is 5.73 Å². The fourth-order valence-electron chi connectivity index (χ4n) is 4.52. The Labute approximate surface area is 188 Å². The number of nitrogens with two attached hydrogens (primary N) is 1. The molecular weight excluding hydrogens is 404 g/mol. The Kier molecular flexibility index (Phi) is 6.55. The molecule has 7 nitrogen and oxygen atoms in total. The monoisotopic (exact) mass is 434 g/mol. The van der Waals surface area contributed by atoms with E-state index in [1.165, 1.54) is 6.92 Å². The number of ketones is 1. The van der Waals surface area contributed by atoms with Crippen molar-refractivity contribution in [1.29, 1.82) is 5.41 Å². The summed E-state index contributed by atoms with van der Waals surface area (Å²) in [5, 5.41) is 11.0. The average molecular weight is 435 g/mol. The van der Waals surface area contributed by atoms with Crippen LogP contribution in [0.3, 0.4) is 0 Å². The molecule has 32 heavy (non-hydrogen) atoms. The number of amides is 1. The lowest BCUT2D eigenvalue weighted by Crippen LogP contribution is -2.49. The van der Waals surface area contributed by atoms with Crippen LogP contribution in [-0.4, -0.2) is 54.2 Å². The molecule has 2 aliphatic heterocycles. The van der Waals surface area contributed by atoms with E-state index in [0.29, 0.717) is 30.5 Å². The van der Waals surface area contributed by atoms with Gasteiger partial charge in [0.2, 0.25) is 0 Å². The van der Waals surface area contributed by atoms with Crippen molar-refractivity contribution >= 4 is 17.5 Å². The van der Waals surface area contributed by atoms with E-state index in [9.17, 15) is 9.59 Å². The molecule has 0 bridgehead atoms. The molecule has 1 atom stereocenters. The van der Waals surface area contributed by atoms with Crippen LogP contribution in [0.5, 0.6) is 5.75 Å². The van der Waals surface area contributed by atoms with Gasteiger partial charge in [-0.1, -0.05) is 18.2 Å². The van der Waals surface area contributed by atoms with Crippen LogP contribution in [0.2, 0.25) is 0 Å². The van der Waals surface area contributed by atoms with Crippen molar-refractivity contribution in [2.45, 2.75) is 44.8 Å². The summed E-state index contributed by atoms with van der Waals surface area (Å²) in [6.45, 7) is 3.94. The minimum atomic E-state index is -0.552. The second kappa shape index (κ2) is 9.53. The molecule has 0 aromatic heterocycles. The van der Waals surface area contributed by atoms with Crippen LogP contribution < -0.4 is 15.8 Å². The van der Waals surface area contributed by atoms with Crippen molar-refractivity contribution in [2.75, 3.05) is 19.6 Å².